The smallest absolute Gasteiger partial charge is 0.324 e. The summed E-state index contributed by atoms with van der Waals surface area (Å²) in [4.78, 5) is 14.3. The first kappa shape index (κ1) is 14.4. The number of fused-ring (bicyclic) bond motifs is 1. The van der Waals surface area contributed by atoms with Gasteiger partial charge in [-0.25, -0.2) is 0 Å². The SMILES string of the molecule is COc1ccc2c(c1)CC(C(=O)O)(N1CCCCC1)CC2. The summed E-state index contributed by atoms with van der Waals surface area (Å²) in [5.74, 6) is 0.145. The van der Waals surface area contributed by atoms with Gasteiger partial charge in [0.25, 0.3) is 0 Å². The van der Waals surface area contributed by atoms with E-state index in [1.807, 2.05) is 12.1 Å². The van der Waals surface area contributed by atoms with Crippen molar-refractivity contribution in [3.63, 3.8) is 0 Å². The number of methoxy groups -OCH3 is 1. The average Bonchev–Trinajstić information content (AvgIpc) is 2.54. The molecule has 1 aromatic carbocycles. The summed E-state index contributed by atoms with van der Waals surface area (Å²) >= 11 is 0. The Hall–Kier alpha value is -1.55. The highest BCUT2D eigenvalue weighted by molar-refractivity contribution is 5.80. The number of aliphatic carboxylic acids is 1. The Labute approximate surface area is 125 Å². The van der Waals surface area contributed by atoms with E-state index >= 15 is 0 Å². The third-order valence-electron chi connectivity index (χ3n) is 5.06. The molecule has 1 aromatic rings. The van der Waals surface area contributed by atoms with Crippen molar-refractivity contribution in [2.75, 3.05) is 20.2 Å². The zero-order chi connectivity index (χ0) is 14.9. The molecule has 1 fully saturated rings. The number of rotatable bonds is 3. The van der Waals surface area contributed by atoms with E-state index in [4.69, 9.17) is 4.74 Å². The minimum absolute atomic E-state index is 0.592. The lowest BCUT2D eigenvalue weighted by molar-refractivity contribution is -0.153. The van der Waals surface area contributed by atoms with Gasteiger partial charge in [-0.1, -0.05) is 12.5 Å². The number of carboxylic acid groups (broad SMARTS) is 1. The number of nitrogens with zero attached hydrogens (tertiary/aromatic N) is 1. The summed E-state index contributed by atoms with van der Waals surface area (Å²) in [6.45, 7) is 1.82. The van der Waals surface area contributed by atoms with Crippen molar-refractivity contribution in [3.05, 3.63) is 29.3 Å². The number of hydrogen-bond acceptors (Lipinski definition) is 3. The highest BCUT2D eigenvalue weighted by atomic mass is 16.5. The van der Waals surface area contributed by atoms with E-state index in [2.05, 4.69) is 11.0 Å². The Bertz CT molecular complexity index is 537. The molecular weight excluding hydrogens is 266 g/mol. The molecule has 2 aliphatic rings. The van der Waals surface area contributed by atoms with Crippen LogP contribution in [0.4, 0.5) is 0 Å². The monoisotopic (exact) mass is 289 g/mol. The fourth-order valence-electron chi connectivity index (χ4n) is 3.79. The fourth-order valence-corrected chi connectivity index (χ4v) is 3.79. The fraction of sp³-hybridized carbons (Fsp3) is 0.588. The predicted octanol–water partition coefficient (Wildman–Crippen LogP) is 2.49. The van der Waals surface area contributed by atoms with Gasteiger partial charge < -0.3 is 9.84 Å². The van der Waals surface area contributed by atoms with Crippen LogP contribution in [-0.2, 0) is 17.6 Å². The number of hydrogen-bond donors (Lipinski definition) is 1. The van der Waals surface area contributed by atoms with Gasteiger partial charge in [0, 0.05) is 6.42 Å². The molecule has 1 aliphatic carbocycles. The third-order valence-corrected chi connectivity index (χ3v) is 5.06. The summed E-state index contributed by atoms with van der Waals surface area (Å²) in [7, 11) is 1.65. The van der Waals surface area contributed by atoms with Crippen molar-refractivity contribution in [2.45, 2.75) is 44.1 Å². The van der Waals surface area contributed by atoms with Crippen molar-refractivity contribution in [2.24, 2.45) is 0 Å². The van der Waals surface area contributed by atoms with Gasteiger partial charge in [0.15, 0.2) is 0 Å². The van der Waals surface area contributed by atoms with Crippen molar-refractivity contribution < 1.29 is 14.6 Å². The molecule has 4 nitrogen and oxygen atoms in total. The maximum absolute atomic E-state index is 12.1. The van der Waals surface area contributed by atoms with Gasteiger partial charge in [0.1, 0.15) is 11.3 Å². The van der Waals surface area contributed by atoms with Crippen LogP contribution in [0.5, 0.6) is 5.75 Å². The number of ether oxygens (including phenoxy) is 1. The molecule has 114 valence electrons. The first-order valence-corrected chi connectivity index (χ1v) is 7.80. The molecule has 3 rings (SSSR count). The van der Waals surface area contributed by atoms with Crippen LogP contribution in [0.1, 0.15) is 36.8 Å². The molecule has 21 heavy (non-hydrogen) atoms. The molecule has 0 radical (unpaired) electrons. The summed E-state index contributed by atoms with van der Waals surface area (Å²) in [6, 6.07) is 6.06. The van der Waals surface area contributed by atoms with Crippen LogP contribution < -0.4 is 4.74 Å². The molecule has 0 saturated carbocycles. The zero-order valence-corrected chi connectivity index (χ0v) is 12.6. The first-order valence-electron chi connectivity index (χ1n) is 7.80. The molecule has 0 spiro atoms. The first-order chi connectivity index (χ1) is 10.2. The summed E-state index contributed by atoms with van der Waals surface area (Å²) in [5, 5.41) is 9.92. The van der Waals surface area contributed by atoms with Gasteiger partial charge in [-0.3, -0.25) is 9.69 Å². The minimum Gasteiger partial charge on any atom is -0.497 e. The molecule has 1 unspecified atom stereocenters. The second kappa shape index (κ2) is 5.68. The van der Waals surface area contributed by atoms with Gasteiger partial charge in [-0.15, -0.1) is 0 Å². The van der Waals surface area contributed by atoms with Crippen LogP contribution in [-0.4, -0.2) is 41.7 Å². The molecule has 0 amide bonds. The van der Waals surface area contributed by atoms with Gasteiger partial charge in [-0.05, 0) is 62.0 Å². The van der Waals surface area contributed by atoms with Crippen LogP contribution in [0, 0.1) is 0 Å². The molecule has 1 saturated heterocycles. The van der Waals surface area contributed by atoms with E-state index in [9.17, 15) is 9.90 Å². The summed E-state index contributed by atoms with van der Waals surface area (Å²) < 4.78 is 5.29. The Morgan fingerprint density at radius 1 is 1.24 bits per heavy atom. The van der Waals surface area contributed by atoms with Gasteiger partial charge >= 0.3 is 5.97 Å². The highest BCUT2D eigenvalue weighted by Gasteiger charge is 2.46. The van der Waals surface area contributed by atoms with Crippen molar-refractivity contribution in [1.82, 2.24) is 4.90 Å². The molecular formula is C17H23NO3. The molecule has 1 heterocycles. The largest absolute Gasteiger partial charge is 0.497 e. The second-order valence-electron chi connectivity index (χ2n) is 6.20. The number of benzene rings is 1. The predicted molar refractivity (Wildman–Crippen MR) is 80.8 cm³/mol. The molecule has 1 atom stereocenters. The number of carbonyl (C=O) groups is 1. The lowest BCUT2D eigenvalue weighted by Gasteiger charge is -2.45. The van der Waals surface area contributed by atoms with Gasteiger partial charge in [0.2, 0.25) is 0 Å². The normalized spacial score (nSPS) is 26.1. The maximum atomic E-state index is 12.1. The Balaban J connectivity index is 1.93. The molecule has 0 aromatic heterocycles. The van der Waals surface area contributed by atoms with Crippen LogP contribution in [0.3, 0.4) is 0 Å². The molecule has 1 aliphatic heterocycles. The van der Waals surface area contributed by atoms with Crippen molar-refractivity contribution in [3.8, 4) is 5.75 Å². The Kier molecular flexibility index (Phi) is 3.89. The molecule has 4 heteroatoms. The lowest BCUT2D eigenvalue weighted by Crippen LogP contribution is -2.59. The van der Waals surface area contributed by atoms with E-state index in [1.165, 1.54) is 12.0 Å². The topological polar surface area (TPSA) is 49.8 Å². The van der Waals surface area contributed by atoms with Gasteiger partial charge in [0.05, 0.1) is 7.11 Å². The summed E-state index contributed by atoms with van der Waals surface area (Å²) in [5.41, 5.74) is 1.68. The Morgan fingerprint density at radius 2 is 2.00 bits per heavy atom. The minimum atomic E-state index is -0.722. The number of carboxylic acids is 1. The van der Waals surface area contributed by atoms with Crippen LogP contribution in [0.15, 0.2) is 18.2 Å². The van der Waals surface area contributed by atoms with Crippen LogP contribution in [0.25, 0.3) is 0 Å². The highest BCUT2D eigenvalue weighted by Crippen LogP contribution is 2.36. The number of aryl methyl sites for hydroxylation is 1. The number of likely N-dealkylation sites (tertiary alicyclic amines) is 1. The Morgan fingerprint density at radius 3 is 2.67 bits per heavy atom. The van der Waals surface area contributed by atoms with Gasteiger partial charge in [-0.2, -0.15) is 0 Å². The van der Waals surface area contributed by atoms with Crippen molar-refractivity contribution in [1.29, 1.82) is 0 Å². The van der Waals surface area contributed by atoms with Crippen molar-refractivity contribution >= 4 is 5.97 Å². The average molecular weight is 289 g/mol. The standard InChI is InChI=1S/C17H23NO3/c1-21-15-6-5-13-7-8-17(16(19)20,12-14(13)11-15)18-9-3-2-4-10-18/h5-6,11H,2-4,7-10,12H2,1H3,(H,19,20). The van der Waals surface area contributed by atoms with E-state index in [0.29, 0.717) is 12.8 Å². The van der Waals surface area contributed by atoms with E-state index < -0.39 is 11.5 Å². The third kappa shape index (κ3) is 2.53. The summed E-state index contributed by atoms with van der Waals surface area (Å²) in [6.07, 6.45) is 5.58. The quantitative estimate of drug-likeness (QED) is 0.929. The second-order valence-corrected chi connectivity index (χ2v) is 6.20. The maximum Gasteiger partial charge on any atom is 0.324 e. The number of piperidine rings is 1. The van der Waals surface area contributed by atoms with E-state index in [-0.39, 0.29) is 0 Å². The van der Waals surface area contributed by atoms with E-state index in [1.54, 1.807) is 7.11 Å². The zero-order valence-electron chi connectivity index (χ0n) is 12.6. The lowest BCUT2D eigenvalue weighted by atomic mass is 9.76. The molecule has 0 bridgehead atoms. The van der Waals surface area contributed by atoms with Crippen LogP contribution >= 0.6 is 0 Å². The van der Waals surface area contributed by atoms with Crippen LogP contribution in [0.2, 0.25) is 0 Å². The van der Waals surface area contributed by atoms with E-state index in [0.717, 1.165) is 43.7 Å². The molecule has 1 N–H and O–H groups in total.